The van der Waals surface area contributed by atoms with Gasteiger partial charge < -0.3 is 0 Å². The molecule has 0 spiro atoms. The van der Waals surface area contributed by atoms with Gasteiger partial charge in [0, 0.05) is 12.8 Å². The van der Waals surface area contributed by atoms with Crippen molar-refractivity contribution in [3.05, 3.63) is 0 Å². The minimum atomic E-state index is -4.56. The molecule has 24 heavy (non-hydrogen) atoms. The summed E-state index contributed by atoms with van der Waals surface area (Å²) in [5.74, 6) is 0. The number of hydrogen-bond donors (Lipinski definition) is 2. The quantitative estimate of drug-likeness (QED) is 0.285. The predicted molar refractivity (Wildman–Crippen MR) is 93.6 cm³/mol. The van der Waals surface area contributed by atoms with E-state index in [2.05, 4.69) is 0 Å². The summed E-state index contributed by atoms with van der Waals surface area (Å²) in [6.07, 6.45) is 5.21. The first kappa shape index (κ1) is 29.9. The Morgan fingerprint density at radius 3 is 0.958 bits per heavy atom. The van der Waals surface area contributed by atoms with Crippen LogP contribution in [0.15, 0.2) is 0 Å². The third-order valence-corrected chi connectivity index (χ3v) is 4.65. The van der Waals surface area contributed by atoms with Crippen LogP contribution in [-0.4, -0.2) is 95.3 Å². The Balaban J connectivity index is -0.00000220. The van der Waals surface area contributed by atoms with Gasteiger partial charge in [-0.3, -0.25) is 18.7 Å². The van der Waals surface area contributed by atoms with E-state index >= 15 is 0 Å². The van der Waals surface area contributed by atoms with Crippen LogP contribution < -0.4 is 0 Å². The zero-order valence-corrected chi connectivity index (χ0v) is 13.9. The van der Waals surface area contributed by atoms with Crippen LogP contribution in [0.5, 0.6) is 0 Å². The molecular formula is C12H24Na2O8S2. The van der Waals surface area contributed by atoms with Gasteiger partial charge in [-0.05, 0) is 12.8 Å². The molecule has 0 amide bonds. The summed E-state index contributed by atoms with van der Waals surface area (Å²) in [5, 5.41) is -2.31. The molecule has 0 atom stereocenters. The molecule has 0 aliphatic carbocycles. The molecule has 0 saturated heterocycles. The van der Waals surface area contributed by atoms with Gasteiger partial charge in [0.1, 0.15) is 0 Å². The Bertz CT molecular complexity index is 520. The molecule has 0 saturated carbocycles. The molecular weight excluding hydrogens is 382 g/mol. The first-order chi connectivity index (χ1) is 10.0. The first-order valence-corrected chi connectivity index (χ1v) is 9.94. The van der Waals surface area contributed by atoms with Gasteiger partial charge >= 0.3 is 79.4 Å². The molecule has 0 fully saturated rings. The second-order valence-electron chi connectivity index (χ2n) is 5.02. The van der Waals surface area contributed by atoms with Crippen LogP contribution in [0.4, 0.5) is 0 Å². The normalized spacial score (nSPS) is 11.2. The van der Waals surface area contributed by atoms with Crippen LogP contribution in [-0.2, 0) is 29.8 Å². The van der Waals surface area contributed by atoms with E-state index in [9.17, 15) is 26.4 Å². The molecule has 0 rings (SSSR count). The molecule has 0 aliphatic heterocycles. The maximum atomic E-state index is 10.9. The zero-order chi connectivity index (χ0) is 17.2. The molecule has 134 valence electrons. The van der Waals surface area contributed by atoms with Crippen LogP contribution in [0.25, 0.3) is 0 Å². The summed E-state index contributed by atoms with van der Waals surface area (Å²) < 4.78 is 58.6. The zero-order valence-electron chi connectivity index (χ0n) is 12.2. The van der Waals surface area contributed by atoms with Crippen molar-refractivity contribution in [2.45, 2.75) is 64.2 Å². The number of carbonyl (C=O) groups is 2. The van der Waals surface area contributed by atoms with Gasteiger partial charge in [-0.15, -0.1) is 0 Å². The molecule has 0 heterocycles. The van der Waals surface area contributed by atoms with Crippen molar-refractivity contribution >= 4 is 89.6 Å². The number of rotatable bonds is 11. The first-order valence-electron chi connectivity index (χ1n) is 7.06. The standard InChI is InChI=1S/C12H22O8S2.2Na.2H/c13-11(21(15,16)17)9-7-5-3-1-2-4-6-8-10-12(14)22(18,19)20;;;;/h1-10H2,(H,15,16,17)(H,18,19,20);;;;. The van der Waals surface area contributed by atoms with E-state index in [-0.39, 0.29) is 72.0 Å². The summed E-state index contributed by atoms with van der Waals surface area (Å²) >= 11 is 0. The van der Waals surface area contributed by atoms with Crippen molar-refractivity contribution < 1.29 is 35.5 Å². The second kappa shape index (κ2) is 15.2. The summed E-state index contributed by atoms with van der Waals surface area (Å²) in [7, 11) is -9.11. The van der Waals surface area contributed by atoms with E-state index in [0.29, 0.717) is 25.7 Å². The molecule has 2 N–H and O–H groups in total. The Morgan fingerprint density at radius 2 is 0.750 bits per heavy atom. The Hall–Kier alpha value is 1.16. The molecule has 0 aromatic rings. The van der Waals surface area contributed by atoms with Gasteiger partial charge in [0.05, 0.1) is 0 Å². The molecule has 0 aliphatic rings. The SMILES string of the molecule is O=C(CCCCCCCCCCC(=O)S(=O)(=O)O)S(=O)(=O)O.[NaH].[NaH]. The van der Waals surface area contributed by atoms with Crippen molar-refractivity contribution in [3.63, 3.8) is 0 Å². The predicted octanol–water partition coefficient (Wildman–Crippen LogP) is 0.419. The summed E-state index contributed by atoms with van der Waals surface area (Å²) in [6, 6.07) is 0. The third kappa shape index (κ3) is 16.6. The van der Waals surface area contributed by atoms with Gasteiger partial charge in [-0.2, -0.15) is 16.8 Å². The number of carbonyl (C=O) groups excluding carboxylic acids is 2. The molecule has 0 bridgehead atoms. The summed E-state index contributed by atoms with van der Waals surface area (Å²) in [5.41, 5.74) is 0. The molecule has 0 radical (unpaired) electrons. The van der Waals surface area contributed by atoms with Crippen molar-refractivity contribution in [2.24, 2.45) is 0 Å². The topological polar surface area (TPSA) is 143 Å². The second-order valence-corrected chi connectivity index (χ2v) is 7.83. The van der Waals surface area contributed by atoms with Crippen LogP contribution >= 0.6 is 0 Å². The van der Waals surface area contributed by atoms with E-state index < -0.39 is 30.5 Å². The monoisotopic (exact) mass is 406 g/mol. The van der Waals surface area contributed by atoms with Crippen molar-refractivity contribution in [2.75, 3.05) is 0 Å². The molecule has 8 nitrogen and oxygen atoms in total. The van der Waals surface area contributed by atoms with Crippen LogP contribution in [0.3, 0.4) is 0 Å². The van der Waals surface area contributed by atoms with Crippen LogP contribution in [0, 0.1) is 0 Å². The van der Waals surface area contributed by atoms with Crippen LogP contribution in [0.2, 0.25) is 0 Å². The van der Waals surface area contributed by atoms with Crippen molar-refractivity contribution in [3.8, 4) is 0 Å². The molecule has 0 unspecified atom stereocenters. The number of hydrogen-bond acceptors (Lipinski definition) is 6. The Kier molecular flexibility index (Phi) is 19.0. The van der Waals surface area contributed by atoms with E-state index in [1.54, 1.807) is 0 Å². The van der Waals surface area contributed by atoms with Crippen LogP contribution in [0.1, 0.15) is 64.2 Å². The van der Waals surface area contributed by atoms with Gasteiger partial charge in [0.2, 0.25) is 0 Å². The fourth-order valence-corrected chi connectivity index (χ4v) is 2.66. The van der Waals surface area contributed by atoms with Gasteiger partial charge in [-0.25, -0.2) is 0 Å². The van der Waals surface area contributed by atoms with E-state index in [1.165, 1.54) is 0 Å². The van der Waals surface area contributed by atoms with Crippen molar-refractivity contribution in [1.82, 2.24) is 0 Å². The Morgan fingerprint density at radius 1 is 0.542 bits per heavy atom. The minimum absolute atomic E-state index is 0. The molecule has 0 aromatic heterocycles. The molecule has 0 aromatic carbocycles. The summed E-state index contributed by atoms with van der Waals surface area (Å²) in [4.78, 5) is 21.7. The van der Waals surface area contributed by atoms with E-state index in [4.69, 9.17) is 9.11 Å². The fraction of sp³-hybridized carbons (Fsp3) is 0.833. The van der Waals surface area contributed by atoms with Gasteiger partial charge in [0.15, 0.2) is 0 Å². The van der Waals surface area contributed by atoms with Crippen molar-refractivity contribution in [1.29, 1.82) is 0 Å². The van der Waals surface area contributed by atoms with Gasteiger partial charge in [-0.1, -0.05) is 38.5 Å². The van der Waals surface area contributed by atoms with Gasteiger partial charge in [0.25, 0.3) is 10.2 Å². The van der Waals surface area contributed by atoms with E-state index in [1.807, 2.05) is 0 Å². The average molecular weight is 406 g/mol. The fourth-order valence-electron chi connectivity index (χ4n) is 1.86. The average Bonchev–Trinajstić information content (AvgIpc) is 2.38. The maximum absolute atomic E-state index is 10.9. The number of unbranched alkanes of at least 4 members (excludes halogenated alkanes) is 7. The summed E-state index contributed by atoms with van der Waals surface area (Å²) in [6.45, 7) is 0. The third-order valence-electron chi connectivity index (χ3n) is 3.09. The Labute approximate surface area is 187 Å². The van der Waals surface area contributed by atoms with E-state index in [0.717, 1.165) is 25.7 Å². The molecule has 12 heteroatoms.